The van der Waals surface area contributed by atoms with E-state index in [1.807, 2.05) is 0 Å². The molecule has 0 aromatic heterocycles. The fraction of sp³-hybridized carbons (Fsp3) is 0.500. The lowest BCUT2D eigenvalue weighted by molar-refractivity contribution is 0.360. The third kappa shape index (κ3) is 2.56. The molecule has 2 nitrogen and oxygen atoms in total. The van der Waals surface area contributed by atoms with Crippen molar-refractivity contribution in [3.8, 4) is 0 Å². The monoisotopic (exact) mass is 190 g/mol. The van der Waals surface area contributed by atoms with E-state index < -0.39 is 0 Å². The number of nitrogens with one attached hydrogen (secondary N) is 1. The highest BCUT2D eigenvalue weighted by Gasteiger charge is 2.18. The van der Waals surface area contributed by atoms with Gasteiger partial charge >= 0.3 is 0 Å². The molecule has 0 amide bonds. The summed E-state index contributed by atoms with van der Waals surface area (Å²) in [6, 6.07) is 11.6. The van der Waals surface area contributed by atoms with Gasteiger partial charge in [0.15, 0.2) is 0 Å². The summed E-state index contributed by atoms with van der Waals surface area (Å²) in [5.41, 5.74) is 7.34. The second-order valence-corrected chi connectivity index (χ2v) is 4.13. The third-order valence-corrected chi connectivity index (χ3v) is 2.86. The molecule has 1 unspecified atom stereocenters. The molecule has 2 atom stereocenters. The maximum atomic E-state index is 5.94. The first-order chi connectivity index (χ1) is 6.84. The van der Waals surface area contributed by atoms with Gasteiger partial charge in [-0.15, -0.1) is 0 Å². The Kier molecular flexibility index (Phi) is 3.17. The van der Waals surface area contributed by atoms with Crippen LogP contribution in [-0.2, 0) is 6.42 Å². The predicted molar refractivity (Wildman–Crippen MR) is 59.1 cm³/mol. The summed E-state index contributed by atoms with van der Waals surface area (Å²) in [7, 11) is 0. The minimum absolute atomic E-state index is 0.393. The van der Waals surface area contributed by atoms with E-state index in [0.717, 1.165) is 25.8 Å². The fourth-order valence-corrected chi connectivity index (χ4v) is 2.09. The van der Waals surface area contributed by atoms with Crippen LogP contribution in [0, 0.1) is 0 Å². The van der Waals surface area contributed by atoms with Crippen LogP contribution in [0.4, 0.5) is 0 Å². The number of hydrogen-bond acceptors (Lipinski definition) is 2. The summed E-state index contributed by atoms with van der Waals surface area (Å²) in [6.07, 6.45) is 3.33. The first-order valence-corrected chi connectivity index (χ1v) is 5.37. The largest absolute Gasteiger partial charge is 0.328 e. The Balaban J connectivity index is 1.91. The van der Waals surface area contributed by atoms with E-state index in [4.69, 9.17) is 5.73 Å². The molecule has 0 bridgehead atoms. The zero-order chi connectivity index (χ0) is 9.80. The highest BCUT2D eigenvalue weighted by molar-refractivity contribution is 5.16. The molecule has 14 heavy (non-hydrogen) atoms. The van der Waals surface area contributed by atoms with Crippen molar-refractivity contribution in [1.82, 2.24) is 5.32 Å². The molecule has 1 fully saturated rings. The van der Waals surface area contributed by atoms with Crippen molar-refractivity contribution in [2.24, 2.45) is 5.73 Å². The maximum absolute atomic E-state index is 5.94. The summed E-state index contributed by atoms with van der Waals surface area (Å²) >= 11 is 0. The molecule has 2 rings (SSSR count). The van der Waals surface area contributed by atoms with Crippen molar-refractivity contribution in [3.05, 3.63) is 35.9 Å². The Labute approximate surface area is 85.5 Å². The number of hydrogen-bond donors (Lipinski definition) is 2. The first kappa shape index (κ1) is 9.69. The van der Waals surface area contributed by atoms with Gasteiger partial charge in [-0.25, -0.2) is 0 Å². The van der Waals surface area contributed by atoms with Crippen LogP contribution in [0.15, 0.2) is 30.3 Å². The summed E-state index contributed by atoms with van der Waals surface area (Å²) in [5.74, 6) is 0. The standard InChI is InChI=1S/C12H18N2/c13-11-6-7-14-12(9-11)8-10-4-2-1-3-5-10/h1-5,11-12,14H,6-9,13H2/t11-,12?/m1/s1. The Morgan fingerprint density at radius 3 is 2.79 bits per heavy atom. The number of rotatable bonds is 2. The first-order valence-electron chi connectivity index (χ1n) is 5.37. The summed E-state index contributed by atoms with van der Waals surface area (Å²) in [4.78, 5) is 0. The smallest absolute Gasteiger partial charge is 0.0122 e. The number of piperidine rings is 1. The molecular formula is C12H18N2. The molecule has 3 N–H and O–H groups in total. The van der Waals surface area contributed by atoms with Crippen molar-refractivity contribution in [2.45, 2.75) is 31.3 Å². The lowest BCUT2D eigenvalue weighted by atomic mass is 9.95. The van der Waals surface area contributed by atoms with E-state index in [2.05, 4.69) is 35.6 Å². The molecule has 1 aromatic carbocycles. The topological polar surface area (TPSA) is 38.0 Å². The van der Waals surface area contributed by atoms with Crippen LogP contribution in [0.25, 0.3) is 0 Å². The molecule has 76 valence electrons. The van der Waals surface area contributed by atoms with Crippen molar-refractivity contribution in [2.75, 3.05) is 6.54 Å². The van der Waals surface area contributed by atoms with Crippen molar-refractivity contribution in [3.63, 3.8) is 0 Å². The Hall–Kier alpha value is -0.860. The van der Waals surface area contributed by atoms with E-state index in [1.54, 1.807) is 0 Å². The molecule has 1 aromatic rings. The highest BCUT2D eigenvalue weighted by Crippen LogP contribution is 2.11. The van der Waals surface area contributed by atoms with Gasteiger partial charge in [-0.2, -0.15) is 0 Å². The summed E-state index contributed by atoms with van der Waals surface area (Å²) < 4.78 is 0. The number of nitrogens with two attached hydrogens (primary N) is 1. The van der Waals surface area contributed by atoms with Crippen LogP contribution < -0.4 is 11.1 Å². The molecule has 1 aliphatic rings. The van der Waals surface area contributed by atoms with Crippen LogP contribution in [0.3, 0.4) is 0 Å². The minimum atomic E-state index is 0.393. The van der Waals surface area contributed by atoms with Gasteiger partial charge in [-0.3, -0.25) is 0 Å². The lowest BCUT2D eigenvalue weighted by Gasteiger charge is -2.28. The molecule has 0 spiro atoms. The van der Waals surface area contributed by atoms with Gasteiger partial charge in [-0.1, -0.05) is 30.3 Å². The zero-order valence-corrected chi connectivity index (χ0v) is 8.45. The van der Waals surface area contributed by atoms with Crippen LogP contribution in [0.2, 0.25) is 0 Å². The quantitative estimate of drug-likeness (QED) is 0.738. The van der Waals surface area contributed by atoms with Crippen molar-refractivity contribution in [1.29, 1.82) is 0 Å². The van der Waals surface area contributed by atoms with Gasteiger partial charge in [0.25, 0.3) is 0 Å². The van der Waals surface area contributed by atoms with Gasteiger partial charge < -0.3 is 11.1 Å². The average molecular weight is 190 g/mol. The minimum Gasteiger partial charge on any atom is -0.328 e. The molecular weight excluding hydrogens is 172 g/mol. The molecule has 1 saturated heterocycles. The average Bonchev–Trinajstić information content (AvgIpc) is 2.19. The van der Waals surface area contributed by atoms with Crippen LogP contribution >= 0.6 is 0 Å². The highest BCUT2D eigenvalue weighted by atomic mass is 14.9. The van der Waals surface area contributed by atoms with Crippen LogP contribution in [-0.4, -0.2) is 18.6 Å². The molecule has 0 aliphatic carbocycles. The lowest BCUT2D eigenvalue weighted by Crippen LogP contribution is -2.44. The summed E-state index contributed by atoms with van der Waals surface area (Å²) in [6.45, 7) is 1.07. The third-order valence-electron chi connectivity index (χ3n) is 2.86. The van der Waals surface area contributed by atoms with Gasteiger partial charge in [0.2, 0.25) is 0 Å². The van der Waals surface area contributed by atoms with E-state index in [9.17, 15) is 0 Å². The van der Waals surface area contributed by atoms with E-state index >= 15 is 0 Å². The normalized spacial score (nSPS) is 27.5. The van der Waals surface area contributed by atoms with Crippen LogP contribution in [0.1, 0.15) is 18.4 Å². The van der Waals surface area contributed by atoms with Crippen LogP contribution in [0.5, 0.6) is 0 Å². The van der Waals surface area contributed by atoms with Gasteiger partial charge in [0, 0.05) is 12.1 Å². The maximum Gasteiger partial charge on any atom is 0.0122 e. The second kappa shape index (κ2) is 4.58. The Morgan fingerprint density at radius 2 is 2.07 bits per heavy atom. The van der Waals surface area contributed by atoms with Gasteiger partial charge in [0.05, 0.1) is 0 Å². The molecule has 2 heteroatoms. The Morgan fingerprint density at radius 1 is 1.29 bits per heavy atom. The van der Waals surface area contributed by atoms with E-state index in [1.165, 1.54) is 5.56 Å². The van der Waals surface area contributed by atoms with Crippen molar-refractivity contribution < 1.29 is 0 Å². The predicted octanol–water partition coefficient (Wildman–Crippen LogP) is 1.31. The zero-order valence-electron chi connectivity index (χ0n) is 8.45. The van der Waals surface area contributed by atoms with Gasteiger partial charge in [0.1, 0.15) is 0 Å². The molecule has 1 heterocycles. The number of benzene rings is 1. The Bertz CT molecular complexity index is 271. The second-order valence-electron chi connectivity index (χ2n) is 4.13. The molecule has 1 aliphatic heterocycles. The fourth-order valence-electron chi connectivity index (χ4n) is 2.09. The molecule has 0 saturated carbocycles. The van der Waals surface area contributed by atoms with E-state index in [-0.39, 0.29) is 0 Å². The van der Waals surface area contributed by atoms with Gasteiger partial charge in [-0.05, 0) is 31.4 Å². The SMILES string of the molecule is N[C@@H]1CCNC(Cc2ccccc2)C1. The van der Waals surface area contributed by atoms with E-state index in [0.29, 0.717) is 12.1 Å². The molecule has 0 radical (unpaired) electrons. The van der Waals surface area contributed by atoms with Crippen molar-refractivity contribution >= 4 is 0 Å². The summed E-state index contributed by atoms with van der Waals surface area (Å²) in [5, 5.41) is 3.52.